The normalized spacial score (nSPS) is 23.3. The fraction of sp³-hybridized carbons (Fsp3) is 0.562. The maximum Gasteiger partial charge on any atom is 0.328 e. The topological polar surface area (TPSA) is 121 Å². The van der Waals surface area contributed by atoms with Crippen molar-refractivity contribution in [3.05, 3.63) is 33.1 Å². The second-order valence-corrected chi connectivity index (χ2v) is 7.32. The molecule has 0 bridgehead atoms. The first-order chi connectivity index (χ1) is 12.5. The Labute approximate surface area is 153 Å². The number of rotatable bonds is 5. The molecular formula is C16H20N4O5S. The van der Waals surface area contributed by atoms with Crippen LogP contribution in [-0.2, 0) is 16.1 Å². The summed E-state index contributed by atoms with van der Waals surface area (Å²) in [5.74, 6) is -0.303. The monoisotopic (exact) mass is 380 g/mol. The van der Waals surface area contributed by atoms with Crippen molar-refractivity contribution in [3.63, 3.8) is 0 Å². The van der Waals surface area contributed by atoms with Crippen LogP contribution in [-0.4, -0.2) is 49.3 Å². The smallest absolute Gasteiger partial charge is 0.328 e. The highest BCUT2D eigenvalue weighted by Crippen LogP contribution is 2.30. The minimum absolute atomic E-state index is 0.0613. The lowest BCUT2D eigenvalue weighted by atomic mass is 9.89. The zero-order valence-corrected chi connectivity index (χ0v) is 14.9. The Morgan fingerprint density at radius 3 is 2.69 bits per heavy atom. The van der Waals surface area contributed by atoms with Gasteiger partial charge in [-0.15, -0.1) is 0 Å². The number of aryl methyl sites for hydroxylation is 1. The first-order valence-electron chi connectivity index (χ1n) is 8.53. The predicted molar refractivity (Wildman–Crippen MR) is 94.8 cm³/mol. The van der Waals surface area contributed by atoms with Crippen molar-refractivity contribution in [1.82, 2.24) is 19.8 Å². The van der Waals surface area contributed by atoms with Gasteiger partial charge in [-0.05, 0) is 12.8 Å². The number of nitrogens with zero attached hydrogens (tertiary/aromatic N) is 2. The van der Waals surface area contributed by atoms with E-state index in [1.165, 1.54) is 21.7 Å². The van der Waals surface area contributed by atoms with Crippen LogP contribution in [0.2, 0.25) is 0 Å². The van der Waals surface area contributed by atoms with Crippen molar-refractivity contribution < 1.29 is 14.4 Å². The summed E-state index contributed by atoms with van der Waals surface area (Å²) in [6.45, 7) is 0.135. The van der Waals surface area contributed by atoms with Crippen LogP contribution in [0.3, 0.4) is 0 Å². The van der Waals surface area contributed by atoms with Crippen LogP contribution in [0.15, 0.2) is 21.9 Å². The molecule has 2 atom stereocenters. The predicted octanol–water partition coefficient (Wildman–Crippen LogP) is 0.0495. The van der Waals surface area contributed by atoms with E-state index in [-0.39, 0.29) is 47.9 Å². The number of nitrogens with one attached hydrogen (secondary N) is 2. The van der Waals surface area contributed by atoms with Crippen LogP contribution in [0.4, 0.5) is 4.79 Å². The van der Waals surface area contributed by atoms with Gasteiger partial charge in [-0.25, -0.2) is 4.79 Å². The zero-order chi connectivity index (χ0) is 18.7. The Hall–Kier alpha value is -2.36. The average molecular weight is 380 g/mol. The molecule has 1 saturated heterocycles. The standard InChI is InChI=1S/C16H20N4O5S/c21-12(5-7-19-8-6-13(22)18-15(19)24)17-10-3-1-2-4-11(10)20-14(23)9-26-16(20)25/h6,8,10-11H,1-5,7,9H2,(H,17,21)(H,18,22,24)/t10-,11+/m1/s1. The summed E-state index contributed by atoms with van der Waals surface area (Å²) in [6, 6.07) is 0.646. The molecule has 3 amide bonds. The van der Waals surface area contributed by atoms with E-state index in [0.717, 1.165) is 24.6 Å². The van der Waals surface area contributed by atoms with Crippen LogP contribution >= 0.6 is 11.8 Å². The van der Waals surface area contributed by atoms with Gasteiger partial charge < -0.3 is 9.88 Å². The first-order valence-corrected chi connectivity index (χ1v) is 9.52. The summed E-state index contributed by atoms with van der Waals surface area (Å²) in [5, 5.41) is 2.66. The molecule has 1 aliphatic carbocycles. The molecule has 140 valence electrons. The molecule has 1 aromatic rings. The fourth-order valence-corrected chi connectivity index (χ4v) is 4.16. The van der Waals surface area contributed by atoms with Gasteiger partial charge in [0.15, 0.2) is 0 Å². The lowest BCUT2D eigenvalue weighted by Crippen LogP contribution is -2.54. The summed E-state index contributed by atoms with van der Waals surface area (Å²) in [5.41, 5.74) is -1.05. The molecule has 2 N–H and O–H groups in total. The van der Waals surface area contributed by atoms with Crippen LogP contribution in [0.25, 0.3) is 0 Å². The number of thioether (sulfide) groups is 1. The second kappa shape index (κ2) is 7.90. The van der Waals surface area contributed by atoms with Crippen molar-refractivity contribution in [2.24, 2.45) is 0 Å². The maximum atomic E-state index is 12.3. The average Bonchev–Trinajstić information content (AvgIpc) is 2.93. The highest BCUT2D eigenvalue weighted by atomic mass is 32.2. The van der Waals surface area contributed by atoms with Gasteiger partial charge in [0.25, 0.3) is 10.8 Å². The molecule has 0 spiro atoms. The lowest BCUT2D eigenvalue weighted by Gasteiger charge is -2.36. The molecular weight excluding hydrogens is 360 g/mol. The molecule has 0 radical (unpaired) electrons. The van der Waals surface area contributed by atoms with E-state index in [1.54, 1.807) is 0 Å². The Bertz CT molecular complexity index is 816. The van der Waals surface area contributed by atoms with Crippen LogP contribution in [0, 0.1) is 0 Å². The van der Waals surface area contributed by atoms with Crippen LogP contribution < -0.4 is 16.6 Å². The van der Waals surface area contributed by atoms with Crippen molar-refractivity contribution >= 4 is 28.8 Å². The summed E-state index contributed by atoms with van der Waals surface area (Å²) >= 11 is 0.996. The molecule has 1 aliphatic heterocycles. The van der Waals surface area contributed by atoms with E-state index >= 15 is 0 Å². The summed E-state index contributed by atoms with van der Waals surface area (Å²) in [4.78, 5) is 62.4. The zero-order valence-electron chi connectivity index (χ0n) is 14.1. The molecule has 3 rings (SSSR count). The van der Waals surface area contributed by atoms with Gasteiger partial charge in [-0.1, -0.05) is 24.6 Å². The van der Waals surface area contributed by atoms with Gasteiger partial charge in [-0.2, -0.15) is 0 Å². The van der Waals surface area contributed by atoms with E-state index in [4.69, 9.17) is 0 Å². The molecule has 2 aliphatic rings. The first kappa shape index (κ1) is 18.4. The van der Waals surface area contributed by atoms with E-state index < -0.39 is 11.2 Å². The van der Waals surface area contributed by atoms with Crippen molar-refractivity contribution in [3.8, 4) is 0 Å². The summed E-state index contributed by atoms with van der Waals surface area (Å²) in [6.07, 6.45) is 4.62. The van der Waals surface area contributed by atoms with Crippen molar-refractivity contribution in [2.45, 2.75) is 50.7 Å². The highest BCUT2D eigenvalue weighted by Gasteiger charge is 2.41. The van der Waals surface area contributed by atoms with Gasteiger partial charge in [-0.3, -0.25) is 29.1 Å². The van der Waals surface area contributed by atoms with Gasteiger partial charge in [0, 0.05) is 31.3 Å². The number of imide groups is 1. The molecule has 1 aromatic heterocycles. The minimum atomic E-state index is -0.564. The number of H-pyrrole nitrogens is 1. The Balaban J connectivity index is 1.61. The third-order valence-corrected chi connectivity index (χ3v) is 5.50. The molecule has 2 heterocycles. The molecule has 0 unspecified atom stereocenters. The van der Waals surface area contributed by atoms with Gasteiger partial charge in [0.05, 0.1) is 11.8 Å². The third kappa shape index (κ3) is 4.06. The van der Waals surface area contributed by atoms with E-state index in [9.17, 15) is 24.0 Å². The number of aromatic nitrogens is 2. The lowest BCUT2D eigenvalue weighted by molar-refractivity contribution is -0.129. The SMILES string of the molecule is O=C(CCn1ccc(=O)[nH]c1=O)N[C@@H]1CCCC[C@@H]1N1C(=O)CSC1=O. The molecule has 1 saturated carbocycles. The van der Waals surface area contributed by atoms with Crippen LogP contribution in [0.5, 0.6) is 0 Å². The Kier molecular flexibility index (Phi) is 5.60. The van der Waals surface area contributed by atoms with Crippen molar-refractivity contribution in [2.75, 3.05) is 5.75 Å². The highest BCUT2D eigenvalue weighted by molar-refractivity contribution is 8.14. The van der Waals surface area contributed by atoms with E-state index in [2.05, 4.69) is 10.3 Å². The summed E-state index contributed by atoms with van der Waals surface area (Å²) in [7, 11) is 0. The second-order valence-electron chi connectivity index (χ2n) is 6.40. The molecule has 26 heavy (non-hydrogen) atoms. The molecule has 10 heteroatoms. The van der Waals surface area contributed by atoms with E-state index in [1.807, 2.05) is 0 Å². The number of carbonyl (C=O) groups excluding carboxylic acids is 3. The molecule has 0 aromatic carbocycles. The molecule has 9 nitrogen and oxygen atoms in total. The quantitative estimate of drug-likeness (QED) is 0.744. The summed E-state index contributed by atoms with van der Waals surface area (Å²) < 4.78 is 1.25. The number of amides is 3. The largest absolute Gasteiger partial charge is 0.351 e. The number of hydrogen-bond acceptors (Lipinski definition) is 6. The number of carbonyl (C=O) groups is 3. The van der Waals surface area contributed by atoms with E-state index in [0.29, 0.717) is 12.8 Å². The fourth-order valence-electron chi connectivity index (χ4n) is 3.39. The van der Waals surface area contributed by atoms with Gasteiger partial charge >= 0.3 is 5.69 Å². The number of aromatic amines is 1. The Morgan fingerprint density at radius 1 is 1.23 bits per heavy atom. The number of hydrogen-bond donors (Lipinski definition) is 2. The van der Waals surface area contributed by atoms with Gasteiger partial charge in [0.2, 0.25) is 11.8 Å². The third-order valence-electron chi connectivity index (χ3n) is 4.67. The van der Waals surface area contributed by atoms with Gasteiger partial charge in [0.1, 0.15) is 0 Å². The van der Waals surface area contributed by atoms with Crippen molar-refractivity contribution in [1.29, 1.82) is 0 Å². The van der Waals surface area contributed by atoms with Crippen LogP contribution in [0.1, 0.15) is 32.1 Å². The molecule has 2 fully saturated rings. The minimum Gasteiger partial charge on any atom is -0.351 e. The maximum absolute atomic E-state index is 12.3. The Morgan fingerprint density at radius 2 is 2.00 bits per heavy atom.